The quantitative estimate of drug-likeness (QED) is 0.690. The van der Waals surface area contributed by atoms with Gasteiger partial charge < -0.3 is 4.74 Å². The molecule has 84 valence electrons. The van der Waals surface area contributed by atoms with Crippen LogP contribution in [0.15, 0.2) is 30.3 Å². The Morgan fingerprint density at radius 3 is 2.40 bits per heavy atom. The van der Waals surface area contributed by atoms with E-state index in [0.717, 1.165) is 13.0 Å². The lowest BCUT2D eigenvalue weighted by molar-refractivity contribution is 0.0435. The first-order valence-corrected chi connectivity index (χ1v) is 5.88. The van der Waals surface area contributed by atoms with Crippen LogP contribution in [0.5, 0.6) is 0 Å². The van der Waals surface area contributed by atoms with Crippen LogP contribution in [0.4, 0.5) is 0 Å². The zero-order valence-electron chi connectivity index (χ0n) is 10.1. The molecule has 1 nitrogen and oxygen atoms in total. The predicted molar refractivity (Wildman–Crippen MR) is 65.0 cm³/mol. The highest BCUT2D eigenvalue weighted by atomic mass is 16.5. The van der Waals surface area contributed by atoms with Crippen molar-refractivity contribution in [1.29, 1.82) is 0 Å². The van der Waals surface area contributed by atoms with Gasteiger partial charge >= 0.3 is 0 Å². The Balaban J connectivity index is 2.27. The Bertz CT molecular complexity index is 255. The molecular weight excluding hydrogens is 184 g/mol. The predicted octanol–water partition coefficient (Wildman–Crippen LogP) is 3.68. The van der Waals surface area contributed by atoms with Gasteiger partial charge in [0.1, 0.15) is 0 Å². The molecule has 0 aliphatic heterocycles. The van der Waals surface area contributed by atoms with Gasteiger partial charge in [0.2, 0.25) is 0 Å². The van der Waals surface area contributed by atoms with E-state index < -0.39 is 0 Å². The Morgan fingerprint density at radius 2 is 1.80 bits per heavy atom. The molecule has 0 spiro atoms. The third kappa shape index (κ3) is 4.98. The number of hydrogen-bond donors (Lipinski definition) is 0. The summed E-state index contributed by atoms with van der Waals surface area (Å²) in [5, 5.41) is 0. The molecule has 0 aliphatic rings. The minimum atomic E-state index is 0.321. The van der Waals surface area contributed by atoms with Crippen molar-refractivity contribution in [2.24, 2.45) is 5.92 Å². The summed E-state index contributed by atoms with van der Waals surface area (Å²) in [5.41, 5.74) is 1.36. The van der Waals surface area contributed by atoms with Gasteiger partial charge in [0.25, 0.3) is 0 Å². The van der Waals surface area contributed by atoms with Gasteiger partial charge in [0.15, 0.2) is 0 Å². The Morgan fingerprint density at radius 1 is 1.13 bits per heavy atom. The van der Waals surface area contributed by atoms with Crippen molar-refractivity contribution in [3.8, 4) is 0 Å². The van der Waals surface area contributed by atoms with E-state index in [-0.39, 0.29) is 0 Å². The highest BCUT2D eigenvalue weighted by molar-refractivity contribution is 5.15. The van der Waals surface area contributed by atoms with Gasteiger partial charge in [-0.3, -0.25) is 0 Å². The molecular formula is C14H22O. The summed E-state index contributed by atoms with van der Waals surface area (Å²) in [7, 11) is 0. The highest BCUT2D eigenvalue weighted by Crippen LogP contribution is 2.08. The normalized spacial score (nSPS) is 14.9. The lowest BCUT2D eigenvalue weighted by Crippen LogP contribution is -2.16. The maximum atomic E-state index is 5.80. The molecule has 0 bridgehead atoms. The number of hydrogen-bond acceptors (Lipinski definition) is 1. The fourth-order valence-corrected chi connectivity index (χ4v) is 1.45. The smallest absolute Gasteiger partial charge is 0.0587 e. The van der Waals surface area contributed by atoms with Gasteiger partial charge in [-0.25, -0.2) is 0 Å². The van der Waals surface area contributed by atoms with Gasteiger partial charge in [0, 0.05) is 6.61 Å². The van der Waals surface area contributed by atoms with Gasteiger partial charge in [-0.2, -0.15) is 0 Å². The van der Waals surface area contributed by atoms with Gasteiger partial charge in [0.05, 0.1) is 6.10 Å². The van der Waals surface area contributed by atoms with Crippen molar-refractivity contribution in [2.45, 2.75) is 39.7 Å². The number of benzene rings is 1. The summed E-state index contributed by atoms with van der Waals surface area (Å²) in [6.45, 7) is 7.46. The van der Waals surface area contributed by atoms with Gasteiger partial charge in [-0.1, -0.05) is 50.6 Å². The first-order valence-electron chi connectivity index (χ1n) is 5.88. The maximum Gasteiger partial charge on any atom is 0.0587 e. The fraction of sp³-hybridized carbons (Fsp3) is 0.571. The van der Waals surface area contributed by atoms with Gasteiger partial charge in [-0.05, 0) is 24.8 Å². The summed E-state index contributed by atoms with van der Waals surface area (Å²) < 4.78 is 5.80. The standard InChI is InChI=1S/C14H22O/c1-4-12(2)11-15-13(3)10-14-8-6-5-7-9-14/h5-9,12-13H,4,10-11H2,1-3H3. The van der Waals surface area contributed by atoms with E-state index in [1.54, 1.807) is 0 Å². The average Bonchev–Trinajstić information content (AvgIpc) is 2.27. The third-order valence-electron chi connectivity index (χ3n) is 2.73. The molecule has 0 aromatic heterocycles. The maximum absolute atomic E-state index is 5.80. The van der Waals surface area contributed by atoms with Crippen LogP contribution in [-0.2, 0) is 11.2 Å². The molecule has 1 heteroatoms. The molecule has 0 amide bonds. The summed E-state index contributed by atoms with van der Waals surface area (Å²) in [6.07, 6.45) is 2.52. The van der Waals surface area contributed by atoms with Crippen molar-refractivity contribution in [2.75, 3.05) is 6.61 Å². The molecule has 0 N–H and O–H groups in total. The second-order valence-corrected chi connectivity index (χ2v) is 4.35. The summed E-state index contributed by atoms with van der Waals surface area (Å²) in [6, 6.07) is 10.5. The molecule has 0 aliphatic carbocycles. The second-order valence-electron chi connectivity index (χ2n) is 4.35. The van der Waals surface area contributed by atoms with Crippen LogP contribution in [0, 0.1) is 5.92 Å². The zero-order chi connectivity index (χ0) is 11.1. The van der Waals surface area contributed by atoms with E-state index in [1.807, 2.05) is 6.07 Å². The lowest BCUT2D eigenvalue weighted by atomic mass is 10.1. The van der Waals surface area contributed by atoms with E-state index in [9.17, 15) is 0 Å². The van der Waals surface area contributed by atoms with E-state index >= 15 is 0 Å². The molecule has 0 saturated carbocycles. The van der Waals surface area contributed by atoms with Crippen LogP contribution >= 0.6 is 0 Å². The van der Waals surface area contributed by atoms with Gasteiger partial charge in [-0.15, -0.1) is 0 Å². The molecule has 1 rings (SSSR count). The SMILES string of the molecule is CCC(C)COC(C)Cc1ccccc1. The molecule has 15 heavy (non-hydrogen) atoms. The molecule has 0 heterocycles. The van der Waals surface area contributed by atoms with Crippen LogP contribution in [0.25, 0.3) is 0 Å². The zero-order valence-corrected chi connectivity index (χ0v) is 10.1. The fourth-order valence-electron chi connectivity index (χ4n) is 1.45. The van der Waals surface area contributed by atoms with Crippen LogP contribution in [-0.4, -0.2) is 12.7 Å². The van der Waals surface area contributed by atoms with E-state index in [1.165, 1.54) is 12.0 Å². The van der Waals surface area contributed by atoms with Crippen molar-refractivity contribution in [3.05, 3.63) is 35.9 Å². The minimum absolute atomic E-state index is 0.321. The van der Waals surface area contributed by atoms with Crippen molar-refractivity contribution >= 4 is 0 Å². The Labute approximate surface area is 93.5 Å². The lowest BCUT2D eigenvalue weighted by Gasteiger charge is -2.16. The van der Waals surface area contributed by atoms with Crippen LogP contribution < -0.4 is 0 Å². The number of ether oxygens (including phenoxy) is 1. The number of rotatable bonds is 6. The molecule has 1 aromatic carbocycles. The topological polar surface area (TPSA) is 9.23 Å². The summed E-state index contributed by atoms with van der Waals surface area (Å²) in [4.78, 5) is 0. The van der Waals surface area contributed by atoms with Crippen molar-refractivity contribution in [1.82, 2.24) is 0 Å². The van der Waals surface area contributed by atoms with E-state index in [4.69, 9.17) is 4.74 Å². The van der Waals surface area contributed by atoms with Crippen LogP contribution in [0.1, 0.15) is 32.8 Å². The average molecular weight is 206 g/mol. The molecule has 2 atom stereocenters. The molecule has 2 unspecified atom stereocenters. The first kappa shape index (κ1) is 12.3. The van der Waals surface area contributed by atoms with Crippen LogP contribution in [0.3, 0.4) is 0 Å². The molecule has 0 radical (unpaired) electrons. The minimum Gasteiger partial charge on any atom is -0.378 e. The largest absolute Gasteiger partial charge is 0.378 e. The van der Waals surface area contributed by atoms with E-state index in [2.05, 4.69) is 45.0 Å². The Kier molecular flexibility index (Phi) is 5.41. The summed E-state index contributed by atoms with van der Waals surface area (Å²) >= 11 is 0. The van der Waals surface area contributed by atoms with E-state index in [0.29, 0.717) is 12.0 Å². The molecule has 1 aromatic rings. The first-order chi connectivity index (χ1) is 7.22. The van der Waals surface area contributed by atoms with Crippen molar-refractivity contribution in [3.63, 3.8) is 0 Å². The van der Waals surface area contributed by atoms with Crippen molar-refractivity contribution < 1.29 is 4.74 Å². The second kappa shape index (κ2) is 6.62. The summed E-state index contributed by atoms with van der Waals surface area (Å²) in [5.74, 6) is 0.670. The molecule has 0 fully saturated rings. The highest BCUT2D eigenvalue weighted by Gasteiger charge is 2.05. The third-order valence-corrected chi connectivity index (χ3v) is 2.73. The van der Waals surface area contributed by atoms with Crippen LogP contribution in [0.2, 0.25) is 0 Å². The molecule has 0 saturated heterocycles. The monoisotopic (exact) mass is 206 g/mol. The Hall–Kier alpha value is -0.820.